The lowest BCUT2D eigenvalue weighted by molar-refractivity contribution is 0.414. The highest BCUT2D eigenvalue weighted by atomic mass is 32.2. The quantitative estimate of drug-likeness (QED) is 0.922. The van der Waals surface area contributed by atoms with E-state index in [1.165, 1.54) is 7.11 Å². The molecule has 0 aromatic heterocycles. The summed E-state index contributed by atoms with van der Waals surface area (Å²) in [5, 5.41) is 0. The number of methoxy groups -OCH3 is 1. The van der Waals surface area contributed by atoms with Crippen LogP contribution in [0.1, 0.15) is 5.56 Å². The van der Waals surface area contributed by atoms with Gasteiger partial charge in [0.1, 0.15) is 22.3 Å². The van der Waals surface area contributed by atoms with E-state index in [2.05, 4.69) is 4.72 Å². The molecule has 0 aliphatic carbocycles. The van der Waals surface area contributed by atoms with Gasteiger partial charge in [0.15, 0.2) is 0 Å². The van der Waals surface area contributed by atoms with E-state index in [0.717, 1.165) is 12.1 Å². The maximum Gasteiger partial charge on any atom is 0.243 e. The minimum absolute atomic E-state index is 0.0314. The molecule has 1 N–H and O–H groups in total. The van der Waals surface area contributed by atoms with Gasteiger partial charge in [0.05, 0.1) is 7.11 Å². The summed E-state index contributed by atoms with van der Waals surface area (Å²) in [7, 11) is -2.56. The number of ether oxygens (including phenoxy) is 1. The number of benzene rings is 2. The van der Waals surface area contributed by atoms with Crippen LogP contribution in [0.25, 0.3) is 0 Å². The first-order valence-corrected chi connectivity index (χ1v) is 7.48. The van der Waals surface area contributed by atoms with Crippen molar-refractivity contribution in [2.75, 3.05) is 7.11 Å². The molecule has 2 aromatic carbocycles. The highest BCUT2D eigenvalue weighted by Crippen LogP contribution is 2.17. The monoisotopic (exact) mass is 313 g/mol. The molecule has 0 aliphatic heterocycles. The number of rotatable bonds is 5. The van der Waals surface area contributed by atoms with Crippen LogP contribution in [-0.4, -0.2) is 15.5 Å². The molecule has 2 rings (SSSR count). The van der Waals surface area contributed by atoms with Crippen LogP contribution in [-0.2, 0) is 16.6 Å². The minimum atomic E-state index is -4.06. The number of hydrogen-bond donors (Lipinski definition) is 1. The predicted octanol–water partition coefficient (Wildman–Crippen LogP) is 2.45. The van der Waals surface area contributed by atoms with E-state index in [4.69, 9.17) is 4.74 Å². The summed E-state index contributed by atoms with van der Waals surface area (Å²) in [6.07, 6.45) is 0. The smallest absolute Gasteiger partial charge is 0.243 e. The lowest BCUT2D eigenvalue weighted by Crippen LogP contribution is -2.24. The van der Waals surface area contributed by atoms with Gasteiger partial charge in [0.2, 0.25) is 10.0 Å². The molecule has 112 valence electrons. The zero-order valence-electron chi connectivity index (χ0n) is 11.1. The summed E-state index contributed by atoms with van der Waals surface area (Å²) in [6, 6.07) is 9.09. The molecule has 0 fully saturated rings. The number of nitrogens with one attached hydrogen (secondary N) is 1. The van der Waals surface area contributed by atoms with Gasteiger partial charge in [-0.25, -0.2) is 21.9 Å². The molecule has 0 saturated heterocycles. The van der Waals surface area contributed by atoms with Gasteiger partial charge in [0, 0.05) is 12.6 Å². The van der Waals surface area contributed by atoms with Gasteiger partial charge in [-0.15, -0.1) is 0 Å². The molecule has 0 radical (unpaired) electrons. The van der Waals surface area contributed by atoms with Gasteiger partial charge < -0.3 is 4.74 Å². The Balaban J connectivity index is 2.17. The third-order valence-corrected chi connectivity index (χ3v) is 4.22. The van der Waals surface area contributed by atoms with Gasteiger partial charge in [-0.3, -0.25) is 0 Å². The second kappa shape index (κ2) is 6.19. The van der Waals surface area contributed by atoms with E-state index < -0.39 is 26.6 Å². The maximum atomic E-state index is 13.5. The fourth-order valence-corrected chi connectivity index (χ4v) is 2.81. The van der Waals surface area contributed by atoms with E-state index in [1.54, 1.807) is 24.3 Å². The second-order valence-corrected chi connectivity index (χ2v) is 5.99. The fourth-order valence-electron chi connectivity index (χ4n) is 1.73. The summed E-state index contributed by atoms with van der Waals surface area (Å²) >= 11 is 0. The summed E-state index contributed by atoms with van der Waals surface area (Å²) in [4.78, 5) is -0.591. The Morgan fingerprint density at radius 3 is 2.57 bits per heavy atom. The van der Waals surface area contributed by atoms with Crippen molar-refractivity contribution in [2.24, 2.45) is 0 Å². The molecule has 0 amide bonds. The summed E-state index contributed by atoms with van der Waals surface area (Å²) < 4.78 is 57.6. The Hall–Kier alpha value is -1.99. The zero-order valence-corrected chi connectivity index (χ0v) is 12.0. The van der Waals surface area contributed by atoms with Crippen molar-refractivity contribution in [1.82, 2.24) is 4.72 Å². The zero-order chi connectivity index (χ0) is 15.5. The van der Waals surface area contributed by atoms with Crippen LogP contribution in [0.2, 0.25) is 0 Å². The van der Waals surface area contributed by atoms with Crippen LogP contribution in [0.4, 0.5) is 8.78 Å². The second-order valence-electron chi connectivity index (χ2n) is 4.25. The van der Waals surface area contributed by atoms with E-state index in [9.17, 15) is 17.2 Å². The van der Waals surface area contributed by atoms with Gasteiger partial charge in [-0.1, -0.05) is 12.1 Å². The average molecular weight is 313 g/mol. The molecule has 0 bridgehead atoms. The van der Waals surface area contributed by atoms with Crippen molar-refractivity contribution >= 4 is 10.0 Å². The summed E-state index contributed by atoms with van der Waals surface area (Å²) in [5.74, 6) is -1.38. The van der Waals surface area contributed by atoms with Crippen molar-refractivity contribution in [2.45, 2.75) is 11.4 Å². The van der Waals surface area contributed by atoms with Crippen LogP contribution in [0, 0.1) is 11.6 Å². The largest absolute Gasteiger partial charge is 0.497 e. The Kier molecular flexibility index (Phi) is 4.54. The van der Waals surface area contributed by atoms with Crippen LogP contribution in [0.15, 0.2) is 47.4 Å². The first-order valence-electron chi connectivity index (χ1n) is 6.00. The van der Waals surface area contributed by atoms with Crippen LogP contribution >= 0.6 is 0 Å². The highest BCUT2D eigenvalue weighted by Gasteiger charge is 2.19. The third kappa shape index (κ3) is 3.77. The van der Waals surface area contributed by atoms with Crippen LogP contribution < -0.4 is 9.46 Å². The molecule has 0 heterocycles. The molecule has 4 nitrogen and oxygen atoms in total. The molecule has 21 heavy (non-hydrogen) atoms. The van der Waals surface area contributed by atoms with E-state index in [0.29, 0.717) is 17.4 Å². The Morgan fingerprint density at radius 1 is 1.14 bits per heavy atom. The molecule has 0 unspecified atom stereocenters. The number of sulfonamides is 1. The molecule has 0 saturated carbocycles. The highest BCUT2D eigenvalue weighted by molar-refractivity contribution is 7.89. The van der Waals surface area contributed by atoms with Crippen molar-refractivity contribution < 1.29 is 21.9 Å². The lowest BCUT2D eigenvalue weighted by atomic mass is 10.2. The van der Waals surface area contributed by atoms with Crippen LogP contribution in [0.3, 0.4) is 0 Å². The molecule has 7 heteroatoms. The molecular formula is C14H13F2NO3S. The predicted molar refractivity (Wildman–Crippen MR) is 73.4 cm³/mol. The Morgan fingerprint density at radius 2 is 1.90 bits per heavy atom. The summed E-state index contributed by atoms with van der Waals surface area (Å²) in [5.41, 5.74) is 0.653. The van der Waals surface area contributed by atoms with Crippen molar-refractivity contribution in [1.29, 1.82) is 0 Å². The standard InChI is InChI=1S/C14H13F2NO3S/c1-20-12-4-2-3-10(7-12)9-17-21(18,19)14-6-5-11(15)8-13(14)16/h2-8,17H,9H2,1H3. The van der Waals surface area contributed by atoms with Gasteiger partial charge in [0.25, 0.3) is 0 Å². The molecule has 0 spiro atoms. The number of halogens is 2. The average Bonchev–Trinajstić information content (AvgIpc) is 2.45. The summed E-state index contributed by atoms with van der Waals surface area (Å²) in [6.45, 7) is -0.0314. The number of hydrogen-bond acceptors (Lipinski definition) is 3. The van der Waals surface area contributed by atoms with E-state index in [1.807, 2.05) is 0 Å². The van der Waals surface area contributed by atoms with Crippen molar-refractivity contribution in [3.05, 3.63) is 59.7 Å². The Bertz CT molecular complexity index is 748. The minimum Gasteiger partial charge on any atom is -0.497 e. The third-order valence-electron chi connectivity index (χ3n) is 2.78. The van der Waals surface area contributed by atoms with Crippen LogP contribution in [0.5, 0.6) is 5.75 Å². The van der Waals surface area contributed by atoms with Crippen molar-refractivity contribution in [3.63, 3.8) is 0 Å². The normalized spacial score (nSPS) is 11.4. The van der Waals surface area contributed by atoms with E-state index >= 15 is 0 Å². The molecule has 0 atom stereocenters. The van der Waals surface area contributed by atoms with E-state index in [-0.39, 0.29) is 6.54 Å². The Labute approximate surface area is 121 Å². The first-order chi connectivity index (χ1) is 9.92. The fraction of sp³-hybridized carbons (Fsp3) is 0.143. The van der Waals surface area contributed by atoms with Gasteiger partial charge >= 0.3 is 0 Å². The SMILES string of the molecule is COc1cccc(CNS(=O)(=O)c2ccc(F)cc2F)c1. The molecule has 0 aliphatic rings. The first kappa shape index (κ1) is 15.4. The topological polar surface area (TPSA) is 55.4 Å². The van der Waals surface area contributed by atoms with Crippen molar-refractivity contribution in [3.8, 4) is 5.75 Å². The molecule has 2 aromatic rings. The lowest BCUT2D eigenvalue weighted by Gasteiger charge is -2.08. The maximum absolute atomic E-state index is 13.5. The molecular weight excluding hydrogens is 300 g/mol. The van der Waals surface area contributed by atoms with Gasteiger partial charge in [-0.2, -0.15) is 0 Å². The van der Waals surface area contributed by atoms with Gasteiger partial charge in [-0.05, 0) is 29.8 Å².